The van der Waals surface area contributed by atoms with Crippen molar-refractivity contribution in [3.05, 3.63) is 53.6 Å². The molecule has 2 aliphatic heterocycles. The van der Waals surface area contributed by atoms with Crippen LogP contribution in [0.25, 0.3) is 0 Å². The smallest absolute Gasteiger partial charge is 0.311 e. The molecular weight excluding hydrogens is 398 g/mol. The maximum atomic E-state index is 12.6. The highest BCUT2D eigenvalue weighted by atomic mass is 16.7. The molecule has 2 aromatic carbocycles. The average molecular weight is 423 g/mol. The van der Waals surface area contributed by atoms with Crippen LogP contribution in [0, 0.1) is 5.92 Å². The molecular formula is C24H25NO6. The predicted molar refractivity (Wildman–Crippen MR) is 113 cm³/mol. The molecule has 0 saturated carbocycles. The van der Waals surface area contributed by atoms with Crippen LogP contribution in [0.2, 0.25) is 0 Å². The van der Waals surface area contributed by atoms with Crippen molar-refractivity contribution < 1.29 is 28.6 Å². The van der Waals surface area contributed by atoms with Crippen molar-refractivity contribution in [3.8, 4) is 11.5 Å². The van der Waals surface area contributed by atoms with E-state index >= 15 is 0 Å². The summed E-state index contributed by atoms with van der Waals surface area (Å²) in [5.74, 6) is -0.206. The molecule has 0 aliphatic carbocycles. The SMILES string of the molecule is CC[C@H](C)c1ccccc1N1C[C@H](C(=O)OCC(=O)c2ccc3c(c2)OCO3)CC1=O. The van der Waals surface area contributed by atoms with E-state index in [1.165, 1.54) is 0 Å². The monoisotopic (exact) mass is 423 g/mol. The zero-order valence-electron chi connectivity index (χ0n) is 17.6. The van der Waals surface area contributed by atoms with E-state index in [0.717, 1.165) is 17.7 Å². The molecule has 1 fully saturated rings. The number of ketones is 1. The Morgan fingerprint density at radius 1 is 1.16 bits per heavy atom. The summed E-state index contributed by atoms with van der Waals surface area (Å²) in [7, 11) is 0. The van der Waals surface area contributed by atoms with E-state index in [2.05, 4.69) is 13.8 Å². The summed E-state index contributed by atoms with van der Waals surface area (Å²) in [5.41, 5.74) is 2.31. The lowest BCUT2D eigenvalue weighted by Crippen LogP contribution is -2.28. The molecule has 2 atom stereocenters. The number of anilines is 1. The van der Waals surface area contributed by atoms with E-state index in [1.54, 1.807) is 23.1 Å². The van der Waals surface area contributed by atoms with Gasteiger partial charge in [-0.1, -0.05) is 32.0 Å². The highest BCUT2D eigenvalue weighted by molar-refractivity contribution is 6.01. The standard InChI is InChI=1S/C24H25NO6/c1-3-15(2)18-6-4-5-7-19(18)25-12-17(11-23(25)27)24(28)29-13-20(26)16-8-9-21-22(10-16)31-14-30-21/h4-10,15,17H,3,11-14H2,1-2H3/t15-,17+/m0/s1. The molecule has 1 saturated heterocycles. The third-order valence-corrected chi connectivity index (χ3v) is 5.87. The molecule has 0 N–H and O–H groups in total. The van der Waals surface area contributed by atoms with Crippen molar-refractivity contribution in [3.63, 3.8) is 0 Å². The first-order chi connectivity index (χ1) is 15.0. The molecule has 4 rings (SSSR count). The van der Waals surface area contributed by atoms with Gasteiger partial charge in [-0.2, -0.15) is 0 Å². The highest BCUT2D eigenvalue weighted by Crippen LogP contribution is 2.34. The number of hydrogen-bond donors (Lipinski definition) is 0. The molecule has 0 aromatic heterocycles. The minimum absolute atomic E-state index is 0.0753. The van der Waals surface area contributed by atoms with Gasteiger partial charge in [-0.15, -0.1) is 0 Å². The van der Waals surface area contributed by atoms with Crippen molar-refractivity contribution in [1.29, 1.82) is 0 Å². The fourth-order valence-electron chi connectivity index (χ4n) is 3.88. The average Bonchev–Trinajstić information content (AvgIpc) is 3.42. The number of ether oxygens (including phenoxy) is 3. The Morgan fingerprint density at radius 3 is 2.74 bits per heavy atom. The Labute approximate surface area is 180 Å². The fraction of sp³-hybridized carbons (Fsp3) is 0.375. The lowest BCUT2D eigenvalue weighted by Gasteiger charge is -2.23. The summed E-state index contributed by atoms with van der Waals surface area (Å²) in [5, 5.41) is 0. The first kappa shape index (κ1) is 20.9. The minimum atomic E-state index is -0.595. The Balaban J connectivity index is 1.38. The van der Waals surface area contributed by atoms with Gasteiger partial charge < -0.3 is 19.1 Å². The van der Waals surface area contributed by atoms with Crippen LogP contribution in [-0.4, -0.2) is 37.6 Å². The van der Waals surface area contributed by atoms with Crippen molar-refractivity contribution in [2.75, 3.05) is 24.8 Å². The number of Topliss-reactive ketones (excluding diaryl/α,β-unsaturated/α-hetero) is 1. The Bertz CT molecular complexity index is 1020. The lowest BCUT2D eigenvalue weighted by atomic mass is 9.96. The molecule has 0 spiro atoms. The van der Waals surface area contributed by atoms with Crippen molar-refractivity contribution in [2.45, 2.75) is 32.6 Å². The number of fused-ring (bicyclic) bond motifs is 1. The summed E-state index contributed by atoms with van der Waals surface area (Å²) in [6.07, 6.45) is 1.03. The van der Waals surface area contributed by atoms with Gasteiger partial charge in [0, 0.05) is 24.2 Å². The zero-order valence-corrected chi connectivity index (χ0v) is 17.6. The number of para-hydroxylation sites is 1. The van der Waals surface area contributed by atoms with Gasteiger partial charge in [-0.3, -0.25) is 14.4 Å². The van der Waals surface area contributed by atoms with E-state index < -0.39 is 11.9 Å². The molecule has 2 heterocycles. The molecule has 162 valence electrons. The number of rotatable bonds is 7. The van der Waals surface area contributed by atoms with Crippen LogP contribution >= 0.6 is 0 Å². The summed E-state index contributed by atoms with van der Waals surface area (Å²) in [4.78, 5) is 39.3. The van der Waals surface area contributed by atoms with Crippen LogP contribution in [-0.2, 0) is 14.3 Å². The zero-order chi connectivity index (χ0) is 22.0. The second-order valence-corrected chi connectivity index (χ2v) is 7.87. The van der Waals surface area contributed by atoms with Gasteiger partial charge in [0.25, 0.3) is 0 Å². The summed E-state index contributed by atoms with van der Waals surface area (Å²) >= 11 is 0. The lowest BCUT2D eigenvalue weighted by molar-refractivity contribution is -0.147. The van der Waals surface area contributed by atoms with Gasteiger partial charge >= 0.3 is 5.97 Å². The summed E-state index contributed by atoms with van der Waals surface area (Å²) in [6.45, 7) is 4.21. The van der Waals surface area contributed by atoms with E-state index in [9.17, 15) is 14.4 Å². The molecule has 7 heteroatoms. The van der Waals surface area contributed by atoms with Gasteiger partial charge in [0.05, 0.1) is 5.92 Å². The number of benzene rings is 2. The number of esters is 1. The van der Waals surface area contributed by atoms with Gasteiger partial charge in [0.15, 0.2) is 23.9 Å². The number of hydrogen-bond acceptors (Lipinski definition) is 6. The first-order valence-electron chi connectivity index (χ1n) is 10.5. The quantitative estimate of drug-likeness (QED) is 0.499. The molecule has 2 aromatic rings. The molecule has 0 unspecified atom stereocenters. The number of carbonyl (C=O) groups is 3. The molecule has 7 nitrogen and oxygen atoms in total. The maximum Gasteiger partial charge on any atom is 0.311 e. The number of nitrogens with zero attached hydrogens (tertiary/aromatic N) is 1. The second kappa shape index (κ2) is 8.79. The van der Waals surface area contributed by atoms with E-state index in [4.69, 9.17) is 14.2 Å². The third-order valence-electron chi connectivity index (χ3n) is 5.87. The van der Waals surface area contributed by atoms with Crippen LogP contribution in [0.15, 0.2) is 42.5 Å². The summed E-state index contributed by atoms with van der Waals surface area (Å²) < 4.78 is 15.8. The van der Waals surface area contributed by atoms with Crippen LogP contribution < -0.4 is 14.4 Å². The minimum Gasteiger partial charge on any atom is -0.457 e. The molecule has 2 aliphatic rings. The van der Waals surface area contributed by atoms with Crippen LogP contribution in [0.4, 0.5) is 5.69 Å². The topological polar surface area (TPSA) is 82.1 Å². The highest BCUT2D eigenvalue weighted by Gasteiger charge is 2.37. The van der Waals surface area contributed by atoms with Crippen molar-refractivity contribution in [1.82, 2.24) is 0 Å². The molecule has 0 bridgehead atoms. The van der Waals surface area contributed by atoms with Gasteiger partial charge in [0.2, 0.25) is 12.7 Å². The first-order valence-corrected chi connectivity index (χ1v) is 10.5. The van der Waals surface area contributed by atoms with Crippen molar-refractivity contribution >= 4 is 23.3 Å². The fourth-order valence-corrected chi connectivity index (χ4v) is 3.88. The number of amides is 1. The van der Waals surface area contributed by atoms with E-state index in [0.29, 0.717) is 23.0 Å². The van der Waals surface area contributed by atoms with Crippen LogP contribution in [0.3, 0.4) is 0 Å². The molecule has 31 heavy (non-hydrogen) atoms. The maximum absolute atomic E-state index is 12.6. The Kier molecular flexibility index (Phi) is 5.93. The number of carbonyl (C=O) groups excluding carboxylic acids is 3. The van der Waals surface area contributed by atoms with Crippen LogP contribution in [0.5, 0.6) is 11.5 Å². The Morgan fingerprint density at radius 2 is 1.94 bits per heavy atom. The van der Waals surface area contributed by atoms with Gasteiger partial charge in [0.1, 0.15) is 0 Å². The third kappa shape index (κ3) is 4.26. The predicted octanol–water partition coefficient (Wildman–Crippen LogP) is 3.71. The summed E-state index contributed by atoms with van der Waals surface area (Å²) in [6, 6.07) is 12.6. The molecule has 0 radical (unpaired) electrons. The van der Waals surface area contributed by atoms with Crippen LogP contribution in [0.1, 0.15) is 48.5 Å². The van der Waals surface area contributed by atoms with Gasteiger partial charge in [-0.05, 0) is 42.2 Å². The second-order valence-electron chi connectivity index (χ2n) is 7.87. The largest absolute Gasteiger partial charge is 0.457 e. The van der Waals surface area contributed by atoms with Crippen molar-refractivity contribution in [2.24, 2.45) is 5.92 Å². The van der Waals surface area contributed by atoms with E-state index in [1.807, 2.05) is 24.3 Å². The normalized spacial score (nSPS) is 18.2. The molecule has 1 amide bonds. The Hall–Kier alpha value is -3.35. The van der Waals surface area contributed by atoms with E-state index in [-0.39, 0.29) is 38.1 Å². The van der Waals surface area contributed by atoms with Gasteiger partial charge in [-0.25, -0.2) is 0 Å².